The van der Waals surface area contributed by atoms with Crippen molar-refractivity contribution in [2.24, 2.45) is 0 Å². The van der Waals surface area contributed by atoms with Crippen LogP contribution in [0.2, 0.25) is 18.1 Å². The van der Waals surface area contributed by atoms with Crippen LogP contribution in [0, 0.1) is 0 Å². The minimum Gasteiger partial charge on any atom is -0.417 e. The molecule has 3 nitrogen and oxygen atoms in total. The molecule has 1 fully saturated rings. The second-order valence-corrected chi connectivity index (χ2v) is 11.6. The zero-order valence-electron chi connectivity index (χ0n) is 12.8. The van der Waals surface area contributed by atoms with Gasteiger partial charge in [0.2, 0.25) is 0 Å². The van der Waals surface area contributed by atoms with E-state index in [1.54, 1.807) is 0 Å². The maximum atomic E-state index is 6.17. The van der Waals surface area contributed by atoms with Gasteiger partial charge in [-0.1, -0.05) is 20.8 Å². The van der Waals surface area contributed by atoms with Crippen molar-refractivity contribution in [3.8, 4) is 0 Å². The number of ether oxygens (including phenoxy) is 1. The highest BCUT2D eigenvalue weighted by molar-refractivity contribution is 6.74. The molecule has 1 saturated heterocycles. The molecule has 0 spiro atoms. The third-order valence-electron chi connectivity index (χ3n) is 4.19. The van der Waals surface area contributed by atoms with E-state index in [4.69, 9.17) is 9.16 Å². The van der Waals surface area contributed by atoms with E-state index >= 15 is 0 Å². The molecule has 1 rings (SSSR count). The highest BCUT2D eigenvalue weighted by atomic mass is 28.4. The Morgan fingerprint density at radius 3 is 2.56 bits per heavy atom. The Morgan fingerprint density at radius 1 is 1.28 bits per heavy atom. The zero-order chi connectivity index (χ0) is 13.6. The van der Waals surface area contributed by atoms with E-state index in [0.717, 1.165) is 39.1 Å². The lowest BCUT2D eigenvalue weighted by molar-refractivity contribution is 0.0215. The highest BCUT2D eigenvalue weighted by Crippen LogP contribution is 2.36. The monoisotopic (exact) mass is 273 g/mol. The smallest absolute Gasteiger partial charge is 0.191 e. The maximum Gasteiger partial charge on any atom is 0.191 e. The van der Waals surface area contributed by atoms with Crippen molar-refractivity contribution in [3.05, 3.63) is 0 Å². The molecule has 4 heteroatoms. The van der Waals surface area contributed by atoms with Gasteiger partial charge in [0.1, 0.15) is 0 Å². The quantitative estimate of drug-likeness (QED) is 0.595. The third kappa shape index (κ3) is 5.39. The Hall–Kier alpha value is 0.0969. The summed E-state index contributed by atoms with van der Waals surface area (Å²) in [7, 11) is -1.54. The maximum absolute atomic E-state index is 6.17. The van der Waals surface area contributed by atoms with Crippen LogP contribution in [0.25, 0.3) is 0 Å². The average molecular weight is 273 g/mol. The van der Waals surface area contributed by atoms with Gasteiger partial charge >= 0.3 is 0 Å². The fourth-order valence-electron chi connectivity index (χ4n) is 1.82. The molecule has 0 aliphatic carbocycles. The number of hydrogen-bond acceptors (Lipinski definition) is 3. The van der Waals surface area contributed by atoms with Crippen molar-refractivity contribution in [1.29, 1.82) is 0 Å². The SMILES string of the molecule is CC(C)(C)[Si](C)(C)OCCCC[C@H]1CNCCO1. The first kappa shape index (κ1) is 16.2. The number of nitrogens with one attached hydrogen (secondary N) is 1. The molecular formula is C14H31NO2Si. The van der Waals surface area contributed by atoms with E-state index in [9.17, 15) is 0 Å². The van der Waals surface area contributed by atoms with Crippen LogP contribution in [-0.2, 0) is 9.16 Å². The van der Waals surface area contributed by atoms with Gasteiger partial charge in [-0.15, -0.1) is 0 Å². The minimum absolute atomic E-state index is 0.323. The second kappa shape index (κ2) is 7.03. The van der Waals surface area contributed by atoms with Gasteiger partial charge in [0.05, 0.1) is 12.7 Å². The van der Waals surface area contributed by atoms with Gasteiger partial charge in [-0.3, -0.25) is 0 Å². The molecule has 0 aromatic rings. The summed E-state index contributed by atoms with van der Waals surface area (Å²) in [6, 6.07) is 0. The lowest BCUT2D eigenvalue weighted by Crippen LogP contribution is -2.41. The van der Waals surface area contributed by atoms with Gasteiger partial charge in [0, 0.05) is 19.7 Å². The predicted molar refractivity (Wildman–Crippen MR) is 79.6 cm³/mol. The predicted octanol–water partition coefficient (Wildman–Crippen LogP) is 3.17. The van der Waals surface area contributed by atoms with Gasteiger partial charge in [0.15, 0.2) is 8.32 Å². The first-order valence-electron chi connectivity index (χ1n) is 7.29. The molecule has 108 valence electrons. The molecule has 1 aliphatic rings. The first-order valence-corrected chi connectivity index (χ1v) is 10.2. The van der Waals surface area contributed by atoms with Gasteiger partial charge in [0.25, 0.3) is 0 Å². The standard InChI is InChI=1S/C14H31NO2Si/c1-14(2,3)18(4,5)17-10-7-6-8-13-12-15-9-11-16-13/h13,15H,6-12H2,1-5H3/t13-/m0/s1. The number of hydrogen-bond donors (Lipinski definition) is 1. The van der Waals surface area contributed by atoms with Crippen molar-refractivity contribution < 1.29 is 9.16 Å². The molecule has 1 atom stereocenters. The summed E-state index contributed by atoms with van der Waals surface area (Å²) >= 11 is 0. The van der Waals surface area contributed by atoms with Crippen LogP contribution in [0.5, 0.6) is 0 Å². The molecule has 1 aliphatic heterocycles. The molecule has 0 saturated carbocycles. The van der Waals surface area contributed by atoms with Crippen LogP contribution in [0.1, 0.15) is 40.0 Å². The Balaban J connectivity index is 2.08. The second-order valence-electron chi connectivity index (χ2n) is 6.80. The van der Waals surface area contributed by atoms with Gasteiger partial charge in [-0.05, 0) is 37.4 Å². The molecule has 18 heavy (non-hydrogen) atoms. The van der Waals surface area contributed by atoms with Gasteiger partial charge in [-0.25, -0.2) is 0 Å². The minimum atomic E-state index is -1.54. The van der Waals surface area contributed by atoms with Crippen LogP contribution < -0.4 is 5.32 Å². The van der Waals surface area contributed by atoms with Crippen molar-refractivity contribution >= 4 is 8.32 Å². The van der Waals surface area contributed by atoms with Crippen molar-refractivity contribution in [2.45, 2.75) is 64.3 Å². The molecule has 0 aromatic heterocycles. The molecule has 0 unspecified atom stereocenters. The summed E-state index contributed by atoms with van der Waals surface area (Å²) in [4.78, 5) is 0. The van der Waals surface area contributed by atoms with Gasteiger partial charge < -0.3 is 14.5 Å². The summed E-state index contributed by atoms with van der Waals surface area (Å²) in [5.74, 6) is 0. The molecule has 0 bridgehead atoms. The first-order chi connectivity index (χ1) is 8.33. The molecule has 0 amide bonds. The Bertz CT molecular complexity index is 232. The summed E-state index contributed by atoms with van der Waals surface area (Å²) in [5.41, 5.74) is 0. The highest BCUT2D eigenvalue weighted by Gasteiger charge is 2.36. The normalized spacial score (nSPS) is 22.2. The Kier molecular flexibility index (Phi) is 6.31. The topological polar surface area (TPSA) is 30.5 Å². The van der Waals surface area contributed by atoms with Crippen LogP contribution in [0.3, 0.4) is 0 Å². The fraction of sp³-hybridized carbons (Fsp3) is 1.00. The van der Waals surface area contributed by atoms with Crippen LogP contribution in [-0.4, -0.2) is 40.7 Å². The molecular weight excluding hydrogens is 242 g/mol. The van der Waals surface area contributed by atoms with Crippen LogP contribution in [0.4, 0.5) is 0 Å². The zero-order valence-corrected chi connectivity index (χ0v) is 13.8. The van der Waals surface area contributed by atoms with E-state index in [2.05, 4.69) is 39.2 Å². The number of morpholine rings is 1. The lowest BCUT2D eigenvalue weighted by Gasteiger charge is -2.36. The summed E-state index contributed by atoms with van der Waals surface area (Å²) in [6.07, 6.45) is 3.95. The average Bonchev–Trinajstić information content (AvgIpc) is 2.28. The van der Waals surface area contributed by atoms with Crippen molar-refractivity contribution in [1.82, 2.24) is 5.32 Å². The Labute approximate surface area is 114 Å². The van der Waals surface area contributed by atoms with Gasteiger partial charge in [-0.2, -0.15) is 0 Å². The van der Waals surface area contributed by atoms with Crippen molar-refractivity contribution in [2.75, 3.05) is 26.3 Å². The van der Waals surface area contributed by atoms with E-state index < -0.39 is 8.32 Å². The summed E-state index contributed by atoms with van der Waals surface area (Å²) in [6.45, 7) is 15.3. The van der Waals surface area contributed by atoms with E-state index in [1.807, 2.05) is 0 Å². The van der Waals surface area contributed by atoms with E-state index in [1.165, 1.54) is 6.42 Å². The van der Waals surface area contributed by atoms with E-state index in [0.29, 0.717) is 11.1 Å². The molecule has 0 radical (unpaired) electrons. The Morgan fingerprint density at radius 2 is 2.00 bits per heavy atom. The fourth-order valence-corrected chi connectivity index (χ4v) is 2.91. The third-order valence-corrected chi connectivity index (χ3v) is 8.73. The summed E-state index contributed by atoms with van der Waals surface area (Å²) < 4.78 is 11.9. The molecule has 0 aromatic carbocycles. The molecule has 1 N–H and O–H groups in total. The number of unbranched alkanes of at least 4 members (excludes halogenated alkanes) is 1. The van der Waals surface area contributed by atoms with Crippen LogP contribution >= 0.6 is 0 Å². The molecule has 1 heterocycles. The van der Waals surface area contributed by atoms with Crippen LogP contribution in [0.15, 0.2) is 0 Å². The largest absolute Gasteiger partial charge is 0.417 e. The van der Waals surface area contributed by atoms with E-state index in [-0.39, 0.29) is 0 Å². The number of rotatable bonds is 6. The summed E-state index contributed by atoms with van der Waals surface area (Å²) in [5, 5.41) is 3.69. The van der Waals surface area contributed by atoms with Crippen molar-refractivity contribution in [3.63, 3.8) is 0 Å². The lowest BCUT2D eigenvalue weighted by atomic mass is 10.1.